The molecule has 0 radical (unpaired) electrons. The Morgan fingerprint density at radius 3 is 2.81 bits per heavy atom. The molecular weight excluding hydrogens is 270 g/mol. The number of aromatic nitrogens is 1. The number of aliphatic hydroxyl groups is 1. The van der Waals surface area contributed by atoms with E-state index < -0.39 is 6.10 Å². The lowest BCUT2D eigenvalue weighted by atomic mass is 10.0. The number of nitrogens with one attached hydrogen (secondary N) is 1. The topological polar surface area (TPSA) is 66.7 Å². The van der Waals surface area contributed by atoms with Crippen molar-refractivity contribution in [2.24, 2.45) is 7.05 Å². The summed E-state index contributed by atoms with van der Waals surface area (Å²) in [5.74, 6) is -0.0135. The summed E-state index contributed by atoms with van der Waals surface area (Å²) in [5, 5.41) is 12.8. The van der Waals surface area contributed by atoms with E-state index in [0.717, 1.165) is 25.9 Å². The van der Waals surface area contributed by atoms with Crippen LogP contribution in [0.5, 0.6) is 0 Å². The number of carbonyl (C=O) groups excluding carboxylic acids is 1. The van der Waals surface area contributed by atoms with Crippen molar-refractivity contribution >= 4 is 5.91 Å². The van der Waals surface area contributed by atoms with Gasteiger partial charge in [0, 0.05) is 46.0 Å². The fraction of sp³-hybridized carbons (Fsp3) is 0.667. The van der Waals surface area contributed by atoms with E-state index in [0.29, 0.717) is 18.8 Å². The number of aliphatic hydroxyl groups excluding tert-OH is 1. The number of carbonyl (C=O) groups is 1. The quantitative estimate of drug-likeness (QED) is 0.788. The van der Waals surface area contributed by atoms with Crippen molar-refractivity contribution in [3.63, 3.8) is 0 Å². The van der Waals surface area contributed by atoms with E-state index in [-0.39, 0.29) is 11.9 Å². The van der Waals surface area contributed by atoms with Crippen molar-refractivity contribution in [1.82, 2.24) is 14.8 Å². The Labute approximate surface area is 125 Å². The molecule has 2 N–H and O–H groups in total. The Bertz CT molecular complexity index is 453. The summed E-state index contributed by atoms with van der Waals surface area (Å²) in [5.41, 5.74) is 0.688. The maximum Gasteiger partial charge on any atom is 0.268 e. The second kappa shape index (κ2) is 7.59. The van der Waals surface area contributed by atoms with Crippen LogP contribution in [0.1, 0.15) is 23.3 Å². The van der Waals surface area contributed by atoms with Gasteiger partial charge >= 0.3 is 0 Å². The molecule has 1 aromatic rings. The number of aryl methyl sites for hydroxylation is 1. The predicted octanol–water partition coefficient (Wildman–Crippen LogP) is 0.227. The molecule has 1 atom stereocenters. The predicted molar refractivity (Wildman–Crippen MR) is 80.2 cm³/mol. The highest BCUT2D eigenvalue weighted by atomic mass is 16.5. The molecule has 0 spiro atoms. The highest BCUT2D eigenvalue weighted by Crippen LogP contribution is 2.12. The lowest BCUT2D eigenvalue weighted by Gasteiger charge is -2.33. The van der Waals surface area contributed by atoms with Crippen LogP contribution in [-0.2, 0) is 11.8 Å². The number of ether oxygens (including phenoxy) is 1. The molecule has 21 heavy (non-hydrogen) atoms. The molecule has 1 amide bonds. The van der Waals surface area contributed by atoms with Crippen LogP contribution >= 0.6 is 0 Å². The van der Waals surface area contributed by atoms with Gasteiger partial charge in [-0.25, -0.2) is 0 Å². The van der Waals surface area contributed by atoms with Gasteiger partial charge in [0.2, 0.25) is 0 Å². The van der Waals surface area contributed by atoms with E-state index in [1.54, 1.807) is 7.11 Å². The van der Waals surface area contributed by atoms with E-state index >= 15 is 0 Å². The van der Waals surface area contributed by atoms with Crippen LogP contribution in [-0.4, -0.2) is 66.0 Å². The fourth-order valence-electron chi connectivity index (χ4n) is 2.76. The SMILES string of the molecule is COCC(O)CN1CCC(NC(=O)c2cccn2C)CC1. The molecule has 6 nitrogen and oxygen atoms in total. The van der Waals surface area contributed by atoms with Gasteiger partial charge in [-0.3, -0.25) is 4.79 Å². The first-order valence-corrected chi connectivity index (χ1v) is 7.41. The molecular formula is C15H25N3O3. The average molecular weight is 295 g/mol. The smallest absolute Gasteiger partial charge is 0.268 e. The van der Waals surface area contributed by atoms with Crippen LogP contribution in [0, 0.1) is 0 Å². The van der Waals surface area contributed by atoms with Crippen LogP contribution < -0.4 is 5.32 Å². The van der Waals surface area contributed by atoms with Gasteiger partial charge < -0.3 is 24.6 Å². The van der Waals surface area contributed by atoms with E-state index in [9.17, 15) is 9.90 Å². The second-order valence-electron chi connectivity index (χ2n) is 5.66. The Morgan fingerprint density at radius 1 is 1.52 bits per heavy atom. The number of piperidine rings is 1. The minimum Gasteiger partial charge on any atom is -0.389 e. The molecule has 0 saturated carbocycles. The third-order valence-electron chi connectivity index (χ3n) is 3.93. The molecule has 2 rings (SSSR count). The zero-order valence-corrected chi connectivity index (χ0v) is 12.8. The first-order valence-electron chi connectivity index (χ1n) is 7.41. The molecule has 0 bridgehead atoms. The Morgan fingerprint density at radius 2 is 2.24 bits per heavy atom. The maximum atomic E-state index is 12.1. The van der Waals surface area contributed by atoms with E-state index in [1.165, 1.54) is 0 Å². The van der Waals surface area contributed by atoms with Crippen molar-refractivity contribution in [3.05, 3.63) is 24.0 Å². The van der Waals surface area contributed by atoms with Crippen molar-refractivity contribution < 1.29 is 14.6 Å². The summed E-state index contributed by atoms with van der Waals surface area (Å²) in [6, 6.07) is 3.91. The maximum absolute atomic E-state index is 12.1. The second-order valence-corrected chi connectivity index (χ2v) is 5.66. The molecule has 1 aromatic heterocycles. The number of nitrogens with zero attached hydrogens (tertiary/aromatic N) is 2. The number of hydrogen-bond acceptors (Lipinski definition) is 4. The highest BCUT2D eigenvalue weighted by molar-refractivity contribution is 5.92. The summed E-state index contributed by atoms with van der Waals surface area (Å²) in [7, 11) is 3.46. The fourth-order valence-corrected chi connectivity index (χ4v) is 2.76. The van der Waals surface area contributed by atoms with Crippen molar-refractivity contribution in [1.29, 1.82) is 0 Å². The summed E-state index contributed by atoms with van der Waals surface area (Å²) >= 11 is 0. The van der Waals surface area contributed by atoms with Crippen LogP contribution in [0.4, 0.5) is 0 Å². The first kappa shape index (κ1) is 16.0. The lowest BCUT2D eigenvalue weighted by Crippen LogP contribution is -2.47. The number of methoxy groups -OCH3 is 1. The third kappa shape index (κ3) is 4.56. The van der Waals surface area contributed by atoms with Gasteiger partial charge in [0.15, 0.2) is 0 Å². The number of rotatable bonds is 6. The molecule has 1 unspecified atom stereocenters. The molecule has 2 heterocycles. The average Bonchev–Trinajstić information content (AvgIpc) is 2.87. The summed E-state index contributed by atoms with van der Waals surface area (Å²) in [6.45, 7) is 2.77. The van der Waals surface area contributed by atoms with Gasteiger partial charge in [-0.05, 0) is 25.0 Å². The summed E-state index contributed by atoms with van der Waals surface area (Å²) < 4.78 is 6.76. The molecule has 1 aliphatic rings. The molecule has 1 saturated heterocycles. The van der Waals surface area contributed by atoms with Crippen LogP contribution in [0.2, 0.25) is 0 Å². The van der Waals surface area contributed by atoms with E-state index in [2.05, 4.69) is 10.2 Å². The van der Waals surface area contributed by atoms with Gasteiger partial charge in [-0.15, -0.1) is 0 Å². The molecule has 118 valence electrons. The van der Waals surface area contributed by atoms with E-state index in [1.807, 2.05) is 29.9 Å². The largest absolute Gasteiger partial charge is 0.389 e. The summed E-state index contributed by atoms with van der Waals surface area (Å²) in [4.78, 5) is 14.4. The van der Waals surface area contributed by atoms with Crippen molar-refractivity contribution in [2.75, 3.05) is 33.4 Å². The molecule has 6 heteroatoms. The molecule has 1 aliphatic heterocycles. The normalized spacial score (nSPS) is 18.6. The third-order valence-corrected chi connectivity index (χ3v) is 3.93. The van der Waals surface area contributed by atoms with Crippen molar-refractivity contribution in [3.8, 4) is 0 Å². The monoisotopic (exact) mass is 295 g/mol. The Kier molecular flexibility index (Phi) is 5.78. The van der Waals surface area contributed by atoms with Gasteiger partial charge in [0.1, 0.15) is 5.69 Å². The van der Waals surface area contributed by atoms with Crippen LogP contribution in [0.15, 0.2) is 18.3 Å². The van der Waals surface area contributed by atoms with Crippen LogP contribution in [0.25, 0.3) is 0 Å². The highest BCUT2D eigenvalue weighted by Gasteiger charge is 2.23. The summed E-state index contributed by atoms with van der Waals surface area (Å²) in [6.07, 6.45) is 3.25. The first-order chi connectivity index (χ1) is 10.1. The zero-order valence-electron chi connectivity index (χ0n) is 12.8. The molecule has 0 aliphatic carbocycles. The number of hydrogen-bond donors (Lipinski definition) is 2. The van der Waals surface area contributed by atoms with Gasteiger partial charge in [0.25, 0.3) is 5.91 Å². The van der Waals surface area contributed by atoms with E-state index in [4.69, 9.17) is 4.74 Å². The Balaban J connectivity index is 1.74. The minimum atomic E-state index is -0.440. The van der Waals surface area contributed by atoms with Gasteiger partial charge in [-0.2, -0.15) is 0 Å². The van der Waals surface area contributed by atoms with Gasteiger partial charge in [-0.1, -0.05) is 0 Å². The zero-order chi connectivity index (χ0) is 15.2. The standard InChI is InChI=1S/C15H25N3O3/c1-17-7-3-4-14(17)15(20)16-12-5-8-18(9-6-12)10-13(19)11-21-2/h3-4,7,12-13,19H,5-6,8-11H2,1-2H3,(H,16,20). The minimum absolute atomic E-state index is 0.0135. The van der Waals surface area contributed by atoms with Crippen molar-refractivity contribution in [2.45, 2.75) is 25.0 Å². The number of β-amino-alcohol motifs (C(OH)–C–C–N with tert-alkyl or cyclic N) is 1. The molecule has 1 fully saturated rings. The molecule has 0 aromatic carbocycles. The number of amides is 1. The number of likely N-dealkylation sites (tertiary alicyclic amines) is 1. The lowest BCUT2D eigenvalue weighted by molar-refractivity contribution is 0.0309. The van der Waals surface area contributed by atoms with Crippen LogP contribution in [0.3, 0.4) is 0 Å². The Hall–Kier alpha value is -1.37. The van der Waals surface area contributed by atoms with Gasteiger partial charge in [0.05, 0.1) is 12.7 Å².